The van der Waals surface area contributed by atoms with Gasteiger partial charge in [0.05, 0.1) is 10.9 Å². The summed E-state index contributed by atoms with van der Waals surface area (Å²) in [6.07, 6.45) is 2.65. The fourth-order valence-electron chi connectivity index (χ4n) is 1.66. The van der Waals surface area contributed by atoms with Crippen LogP contribution in [-0.2, 0) is 16.4 Å². The van der Waals surface area contributed by atoms with Crippen molar-refractivity contribution in [2.24, 2.45) is 0 Å². The predicted molar refractivity (Wildman–Crippen MR) is 78.3 cm³/mol. The summed E-state index contributed by atoms with van der Waals surface area (Å²) in [7, 11) is -3.62. The number of thiazole rings is 1. The summed E-state index contributed by atoms with van der Waals surface area (Å²) in [4.78, 5) is 5.47. The van der Waals surface area contributed by atoms with Crippen molar-refractivity contribution < 1.29 is 13.5 Å². The molecule has 0 amide bonds. The van der Waals surface area contributed by atoms with Crippen LogP contribution in [0, 0.1) is 0 Å². The number of nitrogens with one attached hydrogen (secondary N) is 1. The first-order valence-corrected chi connectivity index (χ1v) is 8.48. The van der Waals surface area contributed by atoms with Gasteiger partial charge in [-0.3, -0.25) is 0 Å². The summed E-state index contributed by atoms with van der Waals surface area (Å²) < 4.78 is 27.0. The monoisotopic (exact) mass is 312 g/mol. The number of aromatic hydroxyl groups is 1. The van der Waals surface area contributed by atoms with Crippen molar-refractivity contribution in [2.75, 3.05) is 0 Å². The fraction of sp³-hybridized carbons (Fsp3) is 0.308. The topological polar surface area (TPSA) is 79.3 Å². The van der Waals surface area contributed by atoms with Crippen molar-refractivity contribution in [3.05, 3.63) is 40.3 Å². The number of aryl methyl sites for hydroxylation is 1. The SMILES string of the molecule is CCc1cnc(C(C)NS(=O)(=O)c2ccc(O)cc2)s1. The maximum atomic E-state index is 12.2. The number of hydrogen-bond acceptors (Lipinski definition) is 5. The second-order valence-corrected chi connectivity index (χ2v) is 7.22. The van der Waals surface area contributed by atoms with E-state index >= 15 is 0 Å². The van der Waals surface area contributed by atoms with Gasteiger partial charge in [0.1, 0.15) is 10.8 Å². The van der Waals surface area contributed by atoms with E-state index in [1.54, 1.807) is 13.1 Å². The zero-order chi connectivity index (χ0) is 14.8. The average Bonchev–Trinajstić information content (AvgIpc) is 2.87. The minimum atomic E-state index is -3.62. The molecule has 0 saturated heterocycles. The van der Waals surface area contributed by atoms with Crippen LogP contribution in [0.25, 0.3) is 0 Å². The van der Waals surface area contributed by atoms with E-state index in [1.807, 2.05) is 6.92 Å². The van der Waals surface area contributed by atoms with Gasteiger partial charge in [0.2, 0.25) is 10.0 Å². The van der Waals surface area contributed by atoms with E-state index in [-0.39, 0.29) is 16.7 Å². The smallest absolute Gasteiger partial charge is 0.241 e. The Bertz CT molecular complexity index is 678. The lowest BCUT2D eigenvalue weighted by Gasteiger charge is -2.11. The van der Waals surface area contributed by atoms with Gasteiger partial charge in [0.25, 0.3) is 0 Å². The first-order valence-electron chi connectivity index (χ1n) is 6.18. The molecule has 2 aromatic rings. The van der Waals surface area contributed by atoms with E-state index < -0.39 is 10.0 Å². The number of phenolic OH excluding ortho intramolecular Hbond substituents is 1. The van der Waals surface area contributed by atoms with E-state index in [0.717, 1.165) is 16.3 Å². The van der Waals surface area contributed by atoms with E-state index in [2.05, 4.69) is 9.71 Å². The third-order valence-electron chi connectivity index (χ3n) is 2.77. The van der Waals surface area contributed by atoms with Crippen LogP contribution >= 0.6 is 11.3 Å². The molecule has 0 spiro atoms. The number of nitrogens with zero attached hydrogens (tertiary/aromatic N) is 1. The first kappa shape index (κ1) is 15.0. The molecule has 0 aliphatic heterocycles. The highest BCUT2D eigenvalue weighted by Crippen LogP contribution is 2.22. The Morgan fingerprint density at radius 3 is 2.55 bits per heavy atom. The van der Waals surface area contributed by atoms with E-state index in [9.17, 15) is 13.5 Å². The minimum absolute atomic E-state index is 0.0320. The number of aromatic nitrogens is 1. The van der Waals surface area contributed by atoms with Crippen LogP contribution in [0.3, 0.4) is 0 Å². The van der Waals surface area contributed by atoms with Crippen molar-refractivity contribution in [3.8, 4) is 5.75 Å². The molecule has 0 bridgehead atoms. The number of sulfonamides is 1. The molecule has 2 rings (SSSR count). The van der Waals surface area contributed by atoms with Crippen molar-refractivity contribution in [1.82, 2.24) is 9.71 Å². The van der Waals surface area contributed by atoms with Gasteiger partial charge < -0.3 is 5.11 Å². The van der Waals surface area contributed by atoms with Gasteiger partial charge in [0, 0.05) is 11.1 Å². The lowest BCUT2D eigenvalue weighted by molar-refractivity contribution is 0.474. The standard InChI is InChI=1S/C13H16N2O3S2/c1-3-11-8-14-13(19-11)9(2)15-20(17,18)12-6-4-10(16)5-7-12/h4-9,15-16H,3H2,1-2H3. The molecular formula is C13H16N2O3S2. The Morgan fingerprint density at radius 2 is 2.00 bits per heavy atom. The molecule has 1 heterocycles. The lowest BCUT2D eigenvalue weighted by atomic mass is 10.3. The predicted octanol–water partition coefficient (Wildman–Crippen LogP) is 2.45. The molecule has 1 atom stereocenters. The quantitative estimate of drug-likeness (QED) is 0.889. The molecule has 0 fully saturated rings. The molecule has 20 heavy (non-hydrogen) atoms. The highest BCUT2D eigenvalue weighted by Gasteiger charge is 2.20. The van der Waals surface area contributed by atoms with Crippen LogP contribution in [0.15, 0.2) is 35.4 Å². The Kier molecular flexibility index (Phi) is 4.42. The van der Waals surface area contributed by atoms with Crippen molar-refractivity contribution in [3.63, 3.8) is 0 Å². The van der Waals surface area contributed by atoms with Crippen LogP contribution in [0.4, 0.5) is 0 Å². The van der Waals surface area contributed by atoms with Crippen LogP contribution < -0.4 is 4.72 Å². The third-order valence-corrected chi connectivity index (χ3v) is 5.65. The fourth-order valence-corrected chi connectivity index (χ4v) is 3.80. The number of rotatable bonds is 5. The average molecular weight is 312 g/mol. The molecule has 0 aliphatic rings. The molecule has 1 aromatic heterocycles. The van der Waals surface area contributed by atoms with Gasteiger partial charge in [-0.15, -0.1) is 11.3 Å². The molecule has 7 heteroatoms. The lowest BCUT2D eigenvalue weighted by Crippen LogP contribution is -2.26. The van der Waals surface area contributed by atoms with Gasteiger partial charge in [-0.1, -0.05) is 6.92 Å². The molecule has 0 saturated carbocycles. The molecule has 5 nitrogen and oxygen atoms in total. The molecule has 2 N–H and O–H groups in total. The summed E-state index contributed by atoms with van der Waals surface area (Å²) in [6.45, 7) is 3.79. The number of phenols is 1. The molecule has 0 aliphatic carbocycles. The first-order chi connectivity index (χ1) is 9.42. The zero-order valence-corrected chi connectivity index (χ0v) is 12.8. The van der Waals surface area contributed by atoms with Crippen molar-refractivity contribution in [1.29, 1.82) is 0 Å². The Hall–Kier alpha value is -1.44. The van der Waals surface area contributed by atoms with Gasteiger partial charge in [-0.2, -0.15) is 0 Å². The highest BCUT2D eigenvalue weighted by atomic mass is 32.2. The summed E-state index contributed by atoms with van der Waals surface area (Å²) in [5.41, 5.74) is 0. The van der Waals surface area contributed by atoms with Crippen LogP contribution in [0.5, 0.6) is 5.75 Å². The van der Waals surface area contributed by atoms with Gasteiger partial charge >= 0.3 is 0 Å². The van der Waals surface area contributed by atoms with Crippen molar-refractivity contribution >= 4 is 21.4 Å². The third kappa shape index (κ3) is 3.36. The normalized spacial score (nSPS) is 13.3. The Morgan fingerprint density at radius 1 is 1.35 bits per heavy atom. The van der Waals surface area contributed by atoms with Gasteiger partial charge in [0.15, 0.2) is 0 Å². The van der Waals surface area contributed by atoms with Gasteiger partial charge in [-0.25, -0.2) is 18.1 Å². The summed E-state index contributed by atoms with van der Waals surface area (Å²) in [5.74, 6) is 0.0320. The molecule has 0 radical (unpaired) electrons. The number of benzene rings is 1. The molecule has 1 aromatic carbocycles. The Labute approximate surface area is 122 Å². The summed E-state index contributed by atoms with van der Waals surface area (Å²) >= 11 is 1.50. The van der Waals surface area contributed by atoms with Crippen molar-refractivity contribution in [2.45, 2.75) is 31.2 Å². The van der Waals surface area contributed by atoms with Crippen LogP contribution in [-0.4, -0.2) is 18.5 Å². The molecule has 1 unspecified atom stereocenters. The Balaban J connectivity index is 2.17. The van der Waals surface area contributed by atoms with Crippen LogP contribution in [0.2, 0.25) is 0 Å². The van der Waals surface area contributed by atoms with Crippen LogP contribution in [0.1, 0.15) is 29.8 Å². The second kappa shape index (κ2) is 5.90. The summed E-state index contributed by atoms with van der Waals surface area (Å²) in [5, 5.41) is 9.93. The zero-order valence-electron chi connectivity index (χ0n) is 11.2. The maximum absolute atomic E-state index is 12.2. The van der Waals surface area contributed by atoms with E-state index in [1.165, 1.54) is 35.6 Å². The van der Waals surface area contributed by atoms with E-state index in [0.29, 0.717) is 0 Å². The number of hydrogen-bond donors (Lipinski definition) is 2. The van der Waals surface area contributed by atoms with Gasteiger partial charge in [-0.05, 0) is 37.6 Å². The molecule has 108 valence electrons. The maximum Gasteiger partial charge on any atom is 0.241 e. The highest BCUT2D eigenvalue weighted by molar-refractivity contribution is 7.89. The summed E-state index contributed by atoms with van der Waals surface area (Å²) in [6, 6.07) is 5.03. The molecular weight excluding hydrogens is 296 g/mol. The largest absolute Gasteiger partial charge is 0.508 e. The minimum Gasteiger partial charge on any atom is -0.508 e. The second-order valence-electron chi connectivity index (χ2n) is 4.36. The van der Waals surface area contributed by atoms with E-state index in [4.69, 9.17) is 0 Å².